The lowest BCUT2D eigenvalue weighted by Crippen LogP contribution is -1.97. The third kappa shape index (κ3) is 5.90. The molecule has 4 heteroatoms. The van der Waals surface area contributed by atoms with Crippen LogP contribution in [0.3, 0.4) is 0 Å². The highest BCUT2D eigenvalue weighted by Crippen LogP contribution is 2.38. The third-order valence-corrected chi connectivity index (χ3v) is 9.38. The van der Waals surface area contributed by atoms with Crippen molar-refractivity contribution in [1.82, 2.24) is 19.5 Å². The fraction of sp³-hybridized carbons (Fsp3) is 0. The van der Waals surface area contributed by atoms with Crippen LogP contribution in [-0.4, -0.2) is 19.5 Å². The summed E-state index contributed by atoms with van der Waals surface area (Å²) in [6.07, 6.45) is 3.67. The van der Waals surface area contributed by atoms with Crippen molar-refractivity contribution in [3.05, 3.63) is 194 Å². The molecule has 0 bridgehead atoms. The molecule has 0 N–H and O–H groups in total. The minimum Gasteiger partial charge on any atom is -0.292 e. The molecule has 0 spiro atoms. The van der Waals surface area contributed by atoms with Gasteiger partial charge in [0.15, 0.2) is 0 Å². The summed E-state index contributed by atoms with van der Waals surface area (Å²) in [5.41, 5.74) is 15.2. The summed E-state index contributed by atoms with van der Waals surface area (Å²) in [7, 11) is 0. The van der Waals surface area contributed by atoms with E-state index in [0.29, 0.717) is 0 Å². The number of aromatic nitrogens is 4. The minimum absolute atomic E-state index is 0.925. The van der Waals surface area contributed by atoms with Crippen LogP contribution >= 0.6 is 0 Å². The van der Waals surface area contributed by atoms with E-state index in [1.165, 1.54) is 5.56 Å². The molecular weight excluding hydrogens is 621 g/mol. The van der Waals surface area contributed by atoms with Crippen LogP contribution in [0.4, 0.5) is 0 Å². The Labute approximate surface area is 297 Å². The Bertz CT molecular complexity index is 2580. The molecule has 9 aromatic rings. The predicted octanol–water partition coefficient (Wildman–Crippen LogP) is 11.8. The standard InChI is InChI=1S/C47H32N4/c1-2-10-38(11-3-1)47-50-45-14-4-5-15-46(45)51(47)40-27-24-35(25-28-40)42-32-39(33-16-20-36(21-17-33)43-12-6-8-30-48-43)26-29-41(42)34-18-22-37(23-19-34)44-13-7-9-31-49-44/h1-32H. The number of nitrogens with zero attached hydrogens (tertiary/aromatic N) is 4. The zero-order valence-corrected chi connectivity index (χ0v) is 27.8. The van der Waals surface area contributed by atoms with Gasteiger partial charge in [-0.2, -0.15) is 0 Å². The summed E-state index contributed by atoms with van der Waals surface area (Å²) in [5.74, 6) is 0.925. The van der Waals surface area contributed by atoms with E-state index in [-0.39, 0.29) is 0 Å². The first-order valence-electron chi connectivity index (χ1n) is 17.1. The highest BCUT2D eigenvalue weighted by molar-refractivity contribution is 5.89. The summed E-state index contributed by atoms with van der Waals surface area (Å²) in [6, 6.07) is 63.8. The topological polar surface area (TPSA) is 43.6 Å². The summed E-state index contributed by atoms with van der Waals surface area (Å²) in [6.45, 7) is 0. The van der Waals surface area contributed by atoms with Crippen LogP contribution in [0.25, 0.3) is 84.0 Å². The van der Waals surface area contributed by atoms with E-state index in [2.05, 4.69) is 148 Å². The molecule has 3 heterocycles. The van der Waals surface area contributed by atoms with Gasteiger partial charge in [0.1, 0.15) is 5.82 Å². The Kier molecular flexibility index (Phi) is 7.80. The highest BCUT2D eigenvalue weighted by Gasteiger charge is 2.16. The molecule has 4 nitrogen and oxygen atoms in total. The van der Waals surface area contributed by atoms with Crippen LogP contribution in [0.5, 0.6) is 0 Å². The number of imidazole rings is 1. The van der Waals surface area contributed by atoms with Crippen LogP contribution < -0.4 is 0 Å². The van der Waals surface area contributed by atoms with E-state index in [1.807, 2.05) is 60.9 Å². The molecule has 0 saturated carbocycles. The largest absolute Gasteiger partial charge is 0.292 e. The van der Waals surface area contributed by atoms with Gasteiger partial charge in [-0.15, -0.1) is 0 Å². The van der Waals surface area contributed by atoms with E-state index in [4.69, 9.17) is 4.98 Å². The second-order valence-electron chi connectivity index (χ2n) is 12.5. The molecular formula is C47H32N4. The van der Waals surface area contributed by atoms with Gasteiger partial charge in [-0.1, -0.05) is 127 Å². The lowest BCUT2D eigenvalue weighted by Gasteiger charge is -2.15. The first kappa shape index (κ1) is 30.2. The van der Waals surface area contributed by atoms with Crippen LogP contribution in [0.2, 0.25) is 0 Å². The molecule has 0 unspecified atom stereocenters. The van der Waals surface area contributed by atoms with Gasteiger partial charge in [0, 0.05) is 34.8 Å². The smallest absolute Gasteiger partial charge is 0.145 e. The summed E-state index contributed by atoms with van der Waals surface area (Å²) >= 11 is 0. The maximum absolute atomic E-state index is 5.05. The van der Waals surface area contributed by atoms with Crippen LogP contribution in [0, 0.1) is 0 Å². The monoisotopic (exact) mass is 652 g/mol. The van der Waals surface area contributed by atoms with Crippen LogP contribution in [0.15, 0.2) is 194 Å². The van der Waals surface area contributed by atoms with Gasteiger partial charge in [0.2, 0.25) is 0 Å². The van der Waals surface area contributed by atoms with Crippen molar-refractivity contribution >= 4 is 11.0 Å². The Morgan fingerprint density at radius 2 is 0.882 bits per heavy atom. The van der Waals surface area contributed by atoms with Crippen molar-refractivity contribution in [3.8, 4) is 73.0 Å². The molecule has 0 saturated heterocycles. The Morgan fingerprint density at radius 3 is 1.53 bits per heavy atom. The predicted molar refractivity (Wildman–Crippen MR) is 209 cm³/mol. The summed E-state index contributed by atoms with van der Waals surface area (Å²) < 4.78 is 2.26. The number of pyridine rings is 2. The van der Waals surface area contributed by atoms with Crippen LogP contribution in [-0.2, 0) is 0 Å². The Balaban J connectivity index is 1.14. The number of benzene rings is 6. The van der Waals surface area contributed by atoms with Crippen molar-refractivity contribution in [2.24, 2.45) is 0 Å². The average molecular weight is 653 g/mol. The molecule has 0 atom stereocenters. The van der Waals surface area contributed by atoms with E-state index < -0.39 is 0 Å². The number of hydrogen-bond acceptors (Lipinski definition) is 3. The number of para-hydroxylation sites is 2. The van der Waals surface area contributed by atoms with Gasteiger partial charge in [-0.3, -0.25) is 14.5 Å². The van der Waals surface area contributed by atoms with Gasteiger partial charge in [-0.25, -0.2) is 4.98 Å². The second kappa shape index (κ2) is 13.2. The lowest BCUT2D eigenvalue weighted by molar-refractivity contribution is 1.10. The normalized spacial score (nSPS) is 11.1. The Hall–Kier alpha value is -6.91. The number of fused-ring (bicyclic) bond motifs is 1. The molecule has 3 aromatic heterocycles. The molecule has 0 fully saturated rings. The molecule has 0 aliphatic carbocycles. The SMILES string of the molecule is c1ccc(-c2nc3ccccc3n2-c2ccc(-c3cc(-c4ccc(-c5ccccn5)cc4)ccc3-c3ccc(-c4ccccn4)cc3)cc2)cc1. The molecule has 0 aliphatic rings. The van der Waals surface area contributed by atoms with E-state index in [0.717, 1.165) is 78.4 Å². The molecule has 0 amide bonds. The van der Waals surface area contributed by atoms with Crippen molar-refractivity contribution in [2.75, 3.05) is 0 Å². The maximum Gasteiger partial charge on any atom is 0.145 e. The van der Waals surface area contributed by atoms with E-state index in [1.54, 1.807) is 0 Å². The quantitative estimate of drug-likeness (QED) is 0.172. The molecule has 9 rings (SSSR count). The minimum atomic E-state index is 0.925. The fourth-order valence-electron chi connectivity index (χ4n) is 6.79. The lowest BCUT2D eigenvalue weighted by atomic mass is 9.90. The zero-order valence-electron chi connectivity index (χ0n) is 27.8. The maximum atomic E-state index is 5.05. The fourth-order valence-corrected chi connectivity index (χ4v) is 6.79. The number of hydrogen-bond donors (Lipinski definition) is 0. The third-order valence-electron chi connectivity index (χ3n) is 9.38. The second-order valence-corrected chi connectivity index (χ2v) is 12.5. The Morgan fingerprint density at radius 1 is 0.353 bits per heavy atom. The van der Waals surface area contributed by atoms with E-state index >= 15 is 0 Å². The number of rotatable bonds is 7. The van der Waals surface area contributed by atoms with Gasteiger partial charge >= 0.3 is 0 Å². The van der Waals surface area contributed by atoms with Crippen molar-refractivity contribution in [3.63, 3.8) is 0 Å². The summed E-state index contributed by atoms with van der Waals surface area (Å²) in [5, 5.41) is 0. The van der Waals surface area contributed by atoms with Gasteiger partial charge in [-0.05, 0) is 88.0 Å². The average Bonchev–Trinajstić information content (AvgIpc) is 3.62. The molecule has 240 valence electrons. The zero-order chi connectivity index (χ0) is 34.0. The van der Waals surface area contributed by atoms with Crippen molar-refractivity contribution in [1.29, 1.82) is 0 Å². The first-order chi connectivity index (χ1) is 25.3. The van der Waals surface area contributed by atoms with Crippen molar-refractivity contribution in [2.45, 2.75) is 0 Å². The first-order valence-corrected chi connectivity index (χ1v) is 17.1. The molecule has 6 aromatic carbocycles. The molecule has 0 radical (unpaired) electrons. The van der Waals surface area contributed by atoms with E-state index in [9.17, 15) is 0 Å². The highest BCUT2D eigenvalue weighted by atomic mass is 15.1. The molecule has 51 heavy (non-hydrogen) atoms. The molecule has 0 aliphatic heterocycles. The van der Waals surface area contributed by atoms with Gasteiger partial charge in [0.25, 0.3) is 0 Å². The van der Waals surface area contributed by atoms with Gasteiger partial charge < -0.3 is 0 Å². The summed E-state index contributed by atoms with van der Waals surface area (Å²) in [4.78, 5) is 14.1. The van der Waals surface area contributed by atoms with Crippen LogP contribution in [0.1, 0.15) is 0 Å². The van der Waals surface area contributed by atoms with Crippen molar-refractivity contribution < 1.29 is 0 Å². The van der Waals surface area contributed by atoms with Gasteiger partial charge in [0.05, 0.1) is 22.4 Å².